The Morgan fingerprint density at radius 3 is 2.36 bits per heavy atom. The minimum Gasteiger partial charge on any atom is -0.339 e. The van der Waals surface area contributed by atoms with E-state index in [0.29, 0.717) is 16.8 Å². The van der Waals surface area contributed by atoms with Crippen LogP contribution in [0.2, 0.25) is 0 Å². The van der Waals surface area contributed by atoms with E-state index < -0.39 is 59.3 Å². The van der Waals surface area contributed by atoms with Crippen LogP contribution in [0.25, 0.3) is 0 Å². The molecule has 0 aromatic heterocycles. The third-order valence-electron chi connectivity index (χ3n) is 7.65. The van der Waals surface area contributed by atoms with Gasteiger partial charge in [-0.3, -0.25) is 19.2 Å². The maximum Gasteiger partial charge on any atom is 0.463 e. The average Bonchev–Trinajstić information content (AvgIpc) is 3.48. The minimum absolute atomic E-state index is 0.0210. The Hall–Kier alpha value is -4.54. The molecule has 2 aromatic carbocycles. The molecule has 1 spiro atoms. The van der Waals surface area contributed by atoms with E-state index in [9.17, 15) is 46.4 Å². The summed E-state index contributed by atoms with van der Waals surface area (Å²) in [6.07, 6.45) is -6.32. The standard InChI is InChI=1S/C28H26F5N5O4/c1-16(35-25(42)27(29,30)28(31,32)33)22(39)37(2)21(12-17-8-4-3-5-9-17)23(40)38-15-26(13-18(38)14-34)19-10-6-7-11-20(19)36-24(26)41/h3-11,16,18,21H,12-13,15H2,1-2H3,(H,35,42)(H,36,41)/t16-,18-,21-,26-/m0/s1. The van der Waals surface area contributed by atoms with Crippen LogP contribution in [0.3, 0.4) is 0 Å². The molecule has 0 radical (unpaired) electrons. The number of para-hydroxylation sites is 1. The van der Waals surface area contributed by atoms with E-state index >= 15 is 0 Å². The summed E-state index contributed by atoms with van der Waals surface area (Å²) >= 11 is 0. The van der Waals surface area contributed by atoms with Crippen molar-refractivity contribution >= 4 is 29.3 Å². The van der Waals surface area contributed by atoms with Crippen LogP contribution in [0.15, 0.2) is 54.6 Å². The molecule has 2 aromatic rings. The number of carbonyl (C=O) groups is 4. The summed E-state index contributed by atoms with van der Waals surface area (Å²) in [7, 11) is 1.14. The molecule has 42 heavy (non-hydrogen) atoms. The highest BCUT2D eigenvalue weighted by atomic mass is 19.4. The molecule has 1 saturated heterocycles. The molecule has 2 aliphatic heterocycles. The summed E-state index contributed by atoms with van der Waals surface area (Å²) in [5, 5.41) is 14.1. The molecule has 4 rings (SSSR count). The highest BCUT2D eigenvalue weighted by Gasteiger charge is 2.64. The molecule has 0 saturated carbocycles. The Labute approximate surface area is 237 Å². The van der Waals surface area contributed by atoms with Gasteiger partial charge in [-0.05, 0) is 24.1 Å². The molecule has 222 valence electrons. The molecule has 2 heterocycles. The summed E-state index contributed by atoms with van der Waals surface area (Å²) in [4.78, 5) is 54.1. The molecule has 1 fully saturated rings. The number of hydrogen-bond donors (Lipinski definition) is 2. The number of nitrogens with one attached hydrogen (secondary N) is 2. The summed E-state index contributed by atoms with van der Waals surface area (Å²) in [5.74, 6) is -10.7. The number of carbonyl (C=O) groups excluding carboxylic acids is 4. The molecule has 4 atom stereocenters. The van der Waals surface area contributed by atoms with Crippen LogP contribution in [0, 0.1) is 11.3 Å². The van der Waals surface area contributed by atoms with Crippen LogP contribution >= 0.6 is 0 Å². The van der Waals surface area contributed by atoms with E-state index in [2.05, 4.69) is 5.32 Å². The quantitative estimate of drug-likeness (QED) is 0.480. The summed E-state index contributed by atoms with van der Waals surface area (Å²) in [6, 6.07) is 12.9. The van der Waals surface area contributed by atoms with Crippen molar-refractivity contribution in [1.82, 2.24) is 15.1 Å². The predicted octanol–water partition coefficient (Wildman–Crippen LogP) is 2.77. The zero-order valence-corrected chi connectivity index (χ0v) is 22.4. The molecule has 4 amide bonds. The van der Waals surface area contributed by atoms with Gasteiger partial charge in [-0.25, -0.2) is 0 Å². The second-order valence-electron chi connectivity index (χ2n) is 10.3. The topological polar surface area (TPSA) is 123 Å². The van der Waals surface area contributed by atoms with Gasteiger partial charge in [0.2, 0.25) is 17.7 Å². The number of fused-ring (bicyclic) bond motifs is 2. The Balaban J connectivity index is 1.63. The second-order valence-corrected chi connectivity index (χ2v) is 10.3. The average molecular weight is 592 g/mol. The lowest BCUT2D eigenvalue weighted by molar-refractivity contribution is -0.270. The van der Waals surface area contributed by atoms with E-state index in [1.165, 1.54) is 10.2 Å². The summed E-state index contributed by atoms with van der Waals surface area (Å²) < 4.78 is 65.0. The van der Waals surface area contributed by atoms with Gasteiger partial charge in [0.1, 0.15) is 18.1 Å². The number of nitrogens with zero attached hydrogens (tertiary/aromatic N) is 3. The number of likely N-dealkylation sites (tertiary alicyclic amines) is 1. The lowest BCUT2D eigenvalue weighted by Crippen LogP contribution is -2.58. The van der Waals surface area contributed by atoms with Gasteiger partial charge in [-0.15, -0.1) is 0 Å². The van der Waals surface area contributed by atoms with Crippen LogP contribution < -0.4 is 10.6 Å². The fraction of sp³-hybridized carbons (Fsp3) is 0.393. The minimum atomic E-state index is -6.18. The SMILES string of the molecule is C[C@H](NC(=O)C(F)(F)C(F)(F)F)C(=O)N(C)[C@@H](Cc1ccccc1)C(=O)N1C[C@]2(C[C@H]1C#N)C(=O)Nc1ccccc12. The molecule has 2 N–H and O–H groups in total. The first-order valence-electron chi connectivity index (χ1n) is 12.8. The van der Waals surface area contributed by atoms with Crippen molar-refractivity contribution in [2.45, 2.75) is 55.4 Å². The third-order valence-corrected chi connectivity index (χ3v) is 7.65. The fourth-order valence-electron chi connectivity index (χ4n) is 5.34. The van der Waals surface area contributed by atoms with Gasteiger partial charge >= 0.3 is 18.0 Å². The van der Waals surface area contributed by atoms with E-state index in [1.54, 1.807) is 54.6 Å². The smallest absolute Gasteiger partial charge is 0.339 e. The normalized spacial score (nSPS) is 21.2. The molecule has 0 unspecified atom stereocenters. The fourth-order valence-corrected chi connectivity index (χ4v) is 5.34. The number of amides is 4. The van der Waals surface area contributed by atoms with Crippen molar-refractivity contribution in [2.24, 2.45) is 0 Å². The maximum absolute atomic E-state index is 14.1. The maximum atomic E-state index is 14.1. The van der Waals surface area contributed by atoms with Gasteiger partial charge in [0.25, 0.3) is 0 Å². The van der Waals surface area contributed by atoms with Gasteiger partial charge in [-0.2, -0.15) is 27.2 Å². The zero-order chi connectivity index (χ0) is 31.0. The van der Waals surface area contributed by atoms with E-state index in [0.717, 1.165) is 18.9 Å². The van der Waals surface area contributed by atoms with Crippen molar-refractivity contribution in [3.05, 3.63) is 65.7 Å². The Morgan fingerprint density at radius 1 is 1.12 bits per heavy atom. The first-order valence-corrected chi connectivity index (χ1v) is 12.8. The van der Waals surface area contributed by atoms with Crippen LogP contribution in [-0.2, 0) is 31.0 Å². The van der Waals surface area contributed by atoms with Crippen LogP contribution in [0.5, 0.6) is 0 Å². The van der Waals surface area contributed by atoms with E-state index in [-0.39, 0.29) is 19.4 Å². The van der Waals surface area contributed by atoms with Crippen molar-refractivity contribution < 1.29 is 41.1 Å². The van der Waals surface area contributed by atoms with Crippen molar-refractivity contribution in [3.63, 3.8) is 0 Å². The number of benzene rings is 2. The molecule has 14 heteroatoms. The summed E-state index contributed by atoms with van der Waals surface area (Å²) in [6.45, 7) is 0.723. The largest absolute Gasteiger partial charge is 0.463 e. The zero-order valence-electron chi connectivity index (χ0n) is 22.4. The van der Waals surface area contributed by atoms with Crippen LogP contribution in [0.1, 0.15) is 24.5 Å². The highest BCUT2D eigenvalue weighted by Crippen LogP contribution is 2.46. The number of anilines is 1. The van der Waals surface area contributed by atoms with Crippen molar-refractivity contribution in [3.8, 4) is 6.07 Å². The first kappa shape index (κ1) is 30.4. The molecule has 9 nitrogen and oxygen atoms in total. The molecule has 0 bridgehead atoms. The Morgan fingerprint density at radius 2 is 1.74 bits per heavy atom. The predicted molar refractivity (Wildman–Crippen MR) is 138 cm³/mol. The van der Waals surface area contributed by atoms with Crippen LogP contribution in [0.4, 0.5) is 27.6 Å². The van der Waals surface area contributed by atoms with E-state index in [4.69, 9.17) is 0 Å². The molecular weight excluding hydrogens is 565 g/mol. The molecule has 2 aliphatic rings. The van der Waals surface area contributed by atoms with Crippen molar-refractivity contribution in [2.75, 3.05) is 18.9 Å². The number of likely N-dealkylation sites (N-methyl/N-ethyl adjacent to an activating group) is 1. The van der Waals surface area contributed by atoms with Crippen LogP contribution in [-0.4, -0.2) is 77.2 Å². The molecular formula is C28H26F5N5O4. The lowest BCUT2D eigenvalue weighted by atomic mass is 9.80. The number of nitriles is 1. The van der Waals surface area contributed by atoms with Gasteiger partial charge < -0.3 is 20.4 Å². The van der Waals surface area contributed by atoms with Gasteiger partial charge in [0.05, 0.1) is 11.5 Å². The number of alkyl halides is 5. The van der Waals surface area contributed by atoms with Gasteiger partial charge in [-0.1, -0.05) is 48.5 Å². The number of halogens is 5. The third kappa shape index (κ3) is 5.26. The number of hydrogen-bond acceptors (Lipinski definition) is 5. The first-order chi connectivity index (χ1) is 19.6. The van der Waals surface area contributed by atoms with Gasteiger partial charge in [0.15, 0.2) is 0 Å². The second kappa shape index (κ2) is 11.0. The van der Waals surface area contributed by atoms with Gasteiger partial charge in [0, 0.05) is 32.1 Å². The summed E-state index contributed by atoms with van der Waals surface area (Å²) in [5.41, 5.74) is 0.497. The molecule has 0 aliphatic carbocycles. The van der Waals surface area contributed by atoms with Crippen molar-refractivity contribution in [1.29, 1.82) is 5.26 Å². The highest BCUT2D eigenvalue weighted by molar-refractivity contribution is 6.07. The monoisotopic (exact) mass is 591 g/mol. The Bertz CT molecular complexity index is 1440. The lowest BCUT2D eigenvalue weighted by Gasteiger charge is -2.34. The number of rotatable bonds is 7. The van der Waals surface area contributed by atoms with E-state index in [1.807, 2.05) is 6.07 Å². The Kier molecular flexibility index (Phi) is 7.99.